The van der Waals surface area contributed by atoms with Crippen LogP contribution in [0.1, 0.15) is 22.8 Å². The maximum absolute atomic E-state index is 11.7. The van der Waals surface area contributed by atoms with E-state index in [-0.39, 0.29) is 13.2 Å². The molecule has 2 amide bonds. The average molecular weight is 266 g/mol. The highest BCUT2D eigenvalue weighted by Crippen LogP contribution is 2.28. The highest BCUT2D eigenvalue weighted by Gasteiger charge is 2.19. The van der Waals surface area contributed by atoms with Crippen LogP contribution in [-0.4, -0.2) is 25.2 Å². The molecule has 1 heterocycles. The molecule has 0 saturated carbocycles. The first-order valence-corrected chi connectivity index (χ1v) is 6.21. The summed E-state index contributed by atoms with van der Waals surface area (Å²) < 4.78 is 4.93. The van der Waals surface area contributed by atoms with E-state index in [0.717, 1.165) is 5.56 Å². The van der Waals surface area contributed by atoms with Crippen molar-refractivity contribution in [2.24, 2.45) is 0 Å². The summed E-state index contributed by atoms with van der Waals surface area (Å²) in [5, 5.41) is 7.27. The van der Waals surface area contributed by atoms with Crippen LogP contribution in [0.2, 0.25) is 0 Å². The molecule has 0 fully saturated rings. The number of nitrogens with one attached hydrogen (secondary N) is 2. The fourth-order valence-electron chi connectivity index (χ4n) is 1.27. The van der Waals surface area contributed by atoms with Gasteiger partial charge in [0.1, 0.15) is 5.00 Å². The minimum absolute atomic E-state index is 0.130. The van der Waals surface area contributed by atoms with Crippen molar-refractivity contribution < 1.29 is 14.3 Å². The monoisotopic (exact) mass is 266 g/mol. The highest BCUT2D eigenvalue weighted by molar-refractivity contribution is 7.15. The predicted octanol–water partition coefficient (Wildman–Crippen LogP) is 1.99. The molecule has 1 aromatic rings. The van der Waals surface area contributed by atoms with E-state index < -0.39 is 12.0 Å². The Balaban J connectivity index is 2.81. The molecule has 0 unspecified atom stereocenters. The number of urea groups is 1. The summed E-state index contributed by atoms with van der Waals surface area (Å²) in [5.74, 6) is 1.85. The van der Waals surface area contributed by atoms with Gasteiger partial charge in [-0.25, -0.2) is 9.59 Å². The van der Waals surface area contributed by atoms with Crippen molar-refractivity contribution in [2.75, 3.05) is 18.5 Å². The summed E-state index contributed by atoms with van der Waals surface area (Å²) >= 11 is 1.27. The molecular weight excluding hydrogens is 252 g/mol. The van der Waals surface area contributed by atoms with Gasteiger partial charge in [0, 0.05) is 0 Å². The lowest BCUT2D eigenvalue weighted by molar-refractivity contribution is 0.0527. The van der Waals surface area contributed by atoms with Crippen LogP contribution >= 0.6 is 11.3 Å². The largest absolute Gasteiger partial charge is 0.462 e. The molecule has 0 aliphatic heterocycles. The number of hydrogen-bond acceptors (Lipinski definition) is 4. The Labute approximate surface area is 110 Å². The van der Waals surface area contributed by atoms with Crippen LogP contribution in [0, 0.1) is 19.3 Å². The number of amides is 2. The number of thiophene rings is 1. The van der Waals surface area contributed by atoms with Gasteiger partial charge in [-0.1, -0.05) is 5.92 Å². The molecule has 1 aromatic heterocycles. The number of rotatable bonds is 4. The summed E-state index contributed by atoms with van der Waals surface area (Å²) in [6.07, 6.45) is 5.03. The summed E-state index contributed by atoms with van der Waals surface area (Å²) in [5.41, 5.74) is 1.16. The predicted molar refractivity (Wildman–Crippen MR) is 70.9 cm³/mol. The maximum atomic E-state index is 11.7. The van der Waals surface area contributed by atoms with Crippen molar-refractivity contribution in [3.8, 4) is 12.3 Å². The molecule has 0 saturated heterocycles. The van der Waals surface area contributed by atoms with Crippen LogP contribution in [0.3, 0.4) is 0 Å². The molecule has 0 aliphatic carbocycles. The average Bonchev–Trinajstić information content (AvgIpc) is 2.68. The van der Waals surface area contributed by atoms with Crippen molar-refractivity contribution in [1.29, 1.82) is 0 Å². The summed E-state index contributed by atoms with van der Waals surface area (Å²) in [4.78, 5) is 23.2. The van der Waals surface area contributed by atoms with E-state index in [2.05, 4.69) is 16.6 Å². The maximum Gasteiger partial charge on any atom is 0.341 e. The van der Waals surface area contributed by atoms with E-state index in [1.54, 1.807) is 19.2 Å². The molecule has 6 heteroatoms. The molecule has 0 spiro atoms. The zero-order valence-electron chi connectivity index (χ0n) is 10.2. The molecule has 0 aliphatic rings. The SMILES string of the molecule is C#CCNC(=O)Nc1scc(C)c1C(=O)OCC. The first kappa shape index (κ1) is 14.1. The van der Waals surface area contributed by atoms with Crippen LogP contribution in [0.15, 0.2) is 5.38 Å². The van der Waals surface area contributed by atoms with Gasteiger partial charge in [0.15, 0.2) is 0 Å². The zero-order valence-corrected chi connectivity index (χ0v) is 11.0. The molecule has 1 rings (SSSR count). The van der Waals surface area contributed by atoms with E-state index >= 15 is 0 Å². The lowest BCUT2D eigenvalue weighted by atomic mass is 10.2. The first-order chi connectivity index (χ1) is 8.60. The third-order valence-electron chi connectivity index (χ3n) is 2.03. The Morgan fingerprint density at radius 1 is 1.56 bits per heavy atom. The van der Waals surface area contributed by atoms with Crippen LogP contribution in [0.4, 0.5) is 9.80 Å². The van der Waals surface area contributed by atoms with Crippen molar-refractivity contribution in [3.05, 3.63) is 16.5 Å². The van der Waals surface area contributed by atoms with Gasteiger partial charge >= 0.3 is 12.0 Å². The van der Waals surface area contributed by atoms with Crippen molar-refractivity contribution >= 4 is 28.3 Å². The summed E-state index contributed by atoms with van der Waals surface area (Å²) in [6.45, 7) is 3.93. The Bertz CT molecular complexity index is 488. The van der Waals surface area contributed by atoms with Gasteiger partial charge in [0.2, 0.25) is 0 Å². The fourth-order valence-corrected chi connectivity index (χ4v) is 2.20. The molecule has 96 valence electrons. The molecule has 0 radical (unpaired) electrons. The van der Waals surface area contributed by atoms with Gasteiger partial charge < -0.3 is 10.1 Å². The number of esters is 1. The van der Waals surface area contributed by atoms with Gasteiger partial charge in [-0.05, 0) is 24.8 Å². The van der Waals surface area contributed by atoms with Crippen LogP contribution in [0.25, 0.3) is 0 Å². The van der Waals surface area contributed by atoms with Crippen molar-refractivity contribution in [1.82, 2.24) is 5.32 Å². The van der Waals surface area contributed by atoms with E-state index in [9.17, 15) is 9.59 Å². The Morgan fingerprint density at radius 3 is 2.89 bits per heavy atom. The Kier molecular flexibility index (Phi) is 5.21. The minimum Gasteiger partial charge on any atom is -0.462 e. The lowest BCUT2D eigenvalue weighted by Gasteiger charge is -2.07. The second kappa shape index (κ2) is 6.67. The van der Waals surface area contributed by atoms with Gasteiger partial charge in [-0.3, -0.25) is 5.32 Å². The number of terminal acetylenes is 1. The van der Waals surface area contributed by atoms with E-state index in [1.807, 2.05) is 0 Å². The molecule has 0 bridgehead atoms. The summed E-state index contributed by atoms with van der Waals surface area (Å²) in [6, 6.07) is -0.444. The molecule has 0 atom stereocenters. The van der Waals surface area contributed by atoms with Crippen LogP contribution in [-0.2, 0) is 4.74 Å². The van der Waals surface area contributed by atoms with E-state index in [0.29, 0.717) is 10.6 Å². The molecule has 18 heavy (non-hydrogen) atoms. The number of ether oxygens (including phenoxy) is 1. The van der Waals surface area contributed by atoms with E-state index in [1.165, 1.54) is 11.3 Å². The second-order valence-electron chi connectivity index (χ2n) is 3.36. The fraction of sp³-hybridized carbons (Fsp3) is 0.333. The topological polar surface area (TPSA) is 67.4 Å². The Morgan fingerprint density at radius 2 is 2.28 bits per heavy atom. The summed E-state index contributed by atoms with van der Waals surface area (Å²) in [7, 11) is 0. The third kappa shape index (κ3) is 3.50. The molecule has 0 aromatic carbocycles. The number of anilines is 1. The highest BCUT2D eigenvalue weighted by atomic mass is 32.1. The Hall–Kier alpha value is -2.00. The lowest BCUT2D eigenvalue weighted by Crippen LogP contribution is -2.29. The first-order valence-electron chi connectivity index (χ1n) is 5.33. The molecule has 2 N–H and O–H groups in total. The van der Waals surface area contributed by atoms with Crippen LogP contribution in [0.5, 0.6) is 0 Å². The molecular formula is C12H14N2O3S. The molecule has 5 nitrogen and oxygen atoms in total. The second-order valence-corrected chi connectivity index (χ2v) is 4.23. The van der Waals surface area contributed by atoms with Crippen LogP contribution < -0.4 is 10.6 Å². The third-order valence-corrected chi connectivity index (χ3v) is 3.05. The number of hydrogen-bond donors (Lipinski definition) is 2. The van der Waals surface area contributed by atoms with Gasteiger partial charge in [0.25, 0.3) is 0 Å². The number of aryl methyl sites for hydroxylation is 1. The van der Waals surface area contributed by atoms with Crippen molar-refractivity contribution in [3.63, 3.8) is 0 Å². The van der Waals surface area contributed by atoms with Gasteiger partial charge in [0.05, 0.1) is 18.7 Å². The quantitative estimate of drug-likeness (QED) is 0.647. The standard InChI is InChI=1S/C12H14N2O3S/c1-4-6-13-12(16)14-10-9(8(3)7-18-10)11(15)17-5-2/h1,7H,5-6H2,2-3H3,(H2,13,14,16). The van der Waals surface area contributed by atoms with E-state index in [4.69, 9.17) is 11.2 Å². The smallest absolute Gasteiger partial charge is 0.341 e. The number of carbonyl (C=O) groups excluding carboxylic acids is 2. The normalized spacial score (nSPS) is 9.39. The van der Waals surface area contributed by atoms with Gasteiger partial charge in [-0.2, -0.15) is 0 Å². The minimum atomic E-state index is -0.444. The van der Waals surface area contributed by atoms with Crippen molar-refractivity contribution in [2.45, 2.75) is 13.8 Å². The van der Waals surface area contributed by atoms with Gasteiger partial charge in [-0.15, -0.1) is 17.8 Å². The zero-order chi connectivity index (χ0) is 13.5. The number of carbonyl (C=O) groups is 2.